The van der Waals surface area contributed by atoms with Gasteiger partial charge >= 0.3 is 0 Å². The molecule has 1 aliphatic carbocycles. The molecule has 0 radical (unpaired) electrons. The average Bonchev–Trinajstić information content (AvgIpc) is 2.26. The van der Waals surface area contributed by atoms with Gasteiger partial charge in [-0.25, -0.2) is 0 Å². The molecule has 0 amide bonds. The third kappa shape index (κ3) is 4.26. The van der Waals surface area contributed by atoms with Gasteiger partial charge in [0.25, 0.3) is 0 Å². The molecule has 0 nitrogen and oxygen atoms in total. The highest BCUT2D eigenvalue weighted by Crippen LogP contribution is 2.43. The van der Waals surface area contributed by atoms with E-state index in [0.29, 0.717) is 10.2 Å². The van der Waals surface area contributed by atoms with Gasteiger partial charge in [0, 0.05) is 4.83 Å². The van der Waals surface area contributed by atoms with E-state index in [4.69, 9.17) is 0 Å². The molecule has 0 aromatic rings. The van der Waals surface area contributed by atoms with Crippen molar-refractivity contribution in [1.29, 1.82) is 0 Å². The lowest BCUT2D eigenvalue weighted by molar-refractivity contribution is 0.112. The van der Waals surface area contributed by atoms with Gasteiger partial charge in [-0.2, -0.15) is 0 Å². The predicted octanol–water partition coefficient (Wildman–Crippen LogP) is 5.89. The predicted molar refractivity (Wildman–Crippen MR) is 81.6 cm³/mol. The van der Waals surface area contributed by atoms with Crippen molar-refractivity contribution in [2.75, 3.05) is 0 Å². The Bertz CT molecular complexity index is 218. The van der Waals surface area contributed by atoms with Crippen molar-refractivity contribution in [2.24, 2.45) is 29.1 Å². The summed E-state index contributed by atoms with van der Waals surface area (Å²) in [5.74, 6) is 3.57. The minimum atomic E-state index is 0.516. The van der Waals surface area contributed by atoms with E-state index in [9.17, 15) is 0 Å². The summed E-state index contributed by atoms with van der Waals surface area (Å²) >= 11 is 3.75. The summed E-state index contributed by atoms with van der Waals surface area (Å²) in [6.07, 6.45) is 5.80. The van der Waals surface area contributed by atoms with Crippen LogP contribution in [0, 0.1) is 29.1 Å². The maximum absolute atomic E-state index is 3.75. The van der Waals surface area contributed by atoms with Crippen molar-refractivity contribution in [3.8, 4) is 0 Å². The number of hydrogen-bond acceptors (Lipinski definition) is 0. The molecule has 3 unspecified atom stereocenters. The molecule has 102 valence electrons. The monoisotopic (exact) mass is 302 g/mol. The van der Waals surface area contributed by atoms with Crippen molar-refractivity contribution >= 4 is 15.9 Å². The van der Waals surface area contributed by atoms with Crippen LogP contribution in [0.3, 0.4) is 0 Å². The van der Waals surface area contributed by atoms with Crippen LogP contribution in [0.5, 0.6) is 0 Å². The number of alkyl halides is 1. The molecule has 0 spiro atoms. The molecular formula is C16H31Br. The molecule has 0 aliphatic heterocycles. The Morgan fingerprint density at radius 2 is 1.41 bits per heavy atom. The van der Waals surface area contributed by atoms with E-state index in [-0.39, 0.29) is 0 Å². The summed E-state index contributed by atoms with van der Waals surface area (Å²) in [6, 6.07) is 0. The first kappa shape index (κ1) is 15.5. The zero-order valence-corrected chi connectivity index (χ0v) is 14.2. The Balaban J connectivity index is 2.47. The van der Waals surface area contributed by atoms with E-state index in [1.54, 1.807) is 0 Å². The van der Waals surface area contributed by atoms with Crippen LogP contribution in [-0.2, 0) is 0 Å². The number of hydrogen-bond donors (Lipinski definition) is 0. The maximum atomic E-state index is 3.75. The molecule has 0 saturated heterocycles. The van der Waals surface area contributed by atoms with E-state index < -0.39 is 0 Å². The quantitative estimate of drug-likeness (QED) is 0.570. The smallest absolute Gasteiger partial charge is 0.0145 e. The van der Waals surface area contributed by atoms with Crippen molar-refractivity contribution in [3.05, 3.63) is 0 Å². The Hall–Kier alpha value is 0.480. The van der Waals surface area contributed by atoms with Crippen LogP contribution in [0.2, 0.25) is 0 Å². The Morgan fingerprint density at radius 3 is 1.76 bits per heavy atom. The molecule has 1 fully saturated rings. The van der Waals surface area contributed by atoms with Crippen LogP contribution < -0.4 is 0 Å². The van der Waals surface area contributed by atoms with Crippen molar-refractivity contribution < 1.29 is 0 Å². The second-order valence-electron chi connectivity index (χ2n) is 7.37. The van der Waals surface area contributed by atoms with Gasteiger partial charge in [-0.15, -0.1) is 0 Å². The van der Waals surface area contributed by atoms with E-state index in [1.807, 2.05) is 0 Å². The zero-order chi connectivity index (χ0) is 13.2. The molecule has 1 saturated carbocycles. The van der Waals surface area contributed by atoms with Crippen LogP contribution >= 0.6 is 15.9 Å². The van der Waals surface area contributed by atoms with Gasteiger partial charge in [0.1, 0.15) is 0 Å². The van der Waals surface area contributed by atoms with E-state index in [1.165, 1.54) is 25.7 Å². The largest absolute Gasteiger partial charge is 0.0891 e. The first-order valence-electron chi connectivity index (χ1n) is 7.37. The lowest BCUT2D eigenvalue weighted by Gasteiger charge is -2.40. The van der Waals surface area contributed by atoms with Crippen molar-refractivity contribution in [3.63, 3.8) is 0 Å². The normalized spacial score (nSPS) is 31.9. The van der Waals surface area contributed by atoms with Crippen molar-refractivity contribution in [1.82, 2.24) is 0 Å². The number of rotatable bonds is 3. The van der Waals surface area contributed by atoms with Crippen LogP contribution in [-0.4, -0.2) is 4.83 Å². The second kappa shape index (κ2) is 6.08. The van der Waals surface area contributed by atoms with Gasteiger partial charge in [-0.3, -0.25) is 0 Å². The molecular weight excluding hydrogens is 272 g/mol. The minimum Gasteiger partial charge on any atom is -0.0891 e. The fourth-order valence-electron chi connectivity index (χ4n) is 3.36. The van der Waals surface area contributed by atoms with Crippen LogP contribution in [0.4, 0.5) is 0 Å². The first-order valence-corrected chi connectivity index (χ1v) is 8.29. The summed E-state index contributed by atoms with van der Waals surface area (Å²) < 4.78 is 0. The van der Waals surface area contributed by atoms with Crippen LogP contribution in [0.1, 0.15) is 67.2 Å². The topological polar surface area (TPSA) is 0 Å². The van der Waals surface area contributed by atoms with Gasteiger partial charge < -0.3 is 0 Å². The first-order chi connectivity index (χ1) is 7.73. The summed E-state index contributed by atoms with van der Waals surface area (Å²) in [7, 11) is 0. The van der Waals surface area contributed by atoms with Gasteiger partial charge in [0.05, 0.1) is 0 Å². The molecule has 0 N–H and O–H groups in total. The van der Waals surface area contributed by atoms with Gasteiger partial charge in [-0.1, -0.05) is 57.5 Å². The standard InChI is InChI=1S/C16H31Br/c1-11(13(3)17)12(2)14-7-9-15(10-8-14)16(4,5)6/h11-15H,7-10H2,1-6H3. The molecule has 0 aromatic heterocycles. The molecule has 0 bridgehead atoms. The molecule has 0 aromatic carbocycles. The summed E-state index contributed by atoms with van der Waals surface area (Å²) in [5.41, 5.74) is 0.516. The Morgan fingerprint density at radius 1 is 0.941 bits per heavy atom. The highest BCUT2D eigenvalue weighted by molar-refractivity contribution is 9.09. The Labute approximate surface area is 117 Å². The lowest BCUT2D eigenvalue weighted by atomic mass is 9.66. The third-order valence-electron chi connectivity index (χ3n) is 5.29. The zero-order valence-electron chi connectivity index (χ0n) is 12.6. The van der Waals surface area contributed by atoms with Crippen LogP contribution in [0.15, 0.2) is 0 Å². The van der Waals surface area contributed by atoms with E-state index >= 15 is 0 Å². The highest BCUT2D eigenvalue weighted by Gasteiger charge is 2.33. The maximum Gasteiger partial charge on any atom is 0.0145 e. The highest BCUT2D eigenvalue weighted by atomic mass is 79.9. The van der Waals surface area contributed by atoms with Crippen LogP contribution in [0.25, 0.3) is 0 Å². The molecule has 0 heterocycles. The average molecular weight is 303 g/mol. The Kier molecular flexibility index (Phi) is 5.56. The molecule has 1 rings (SSSR count). The molecule has 17 heavy (non-hydrogen) atoms. The molecule has 1 heteroatoms. The fourth-order valence-corrected chi connectivity index (χ4v) is 3.84. The van der Waals surface area contributed by atoms with E-state index in [0.717, 1.165) is 23.7 Å². The molecule has 1 aliphatic rings. The number of halogens is 1. The third-order valence-corrected chi connectivity index (χ3v) is 6.13. The van der Waals surface area contributed by atoms with E-state index in [2.05, 4.69) is 57.5 Å². The minimum absolute atomic E-state index is 0.516. The summed E-state index contributed by atoms with van der Waals surface area (Å²) in [6.45, 7) is 14.4. The van der Waals surface area contributed by atoms with Gasteiger partial charge in [0.2, 0.25) is 0 Å². The summed E-state index contributed by atoms with van der Waals surface area (Å²) in [4.78, 5) is 0.651. The fraction of sp³-hybridized carbons (Fsp3) is 1.00. The van der Waals surface area contributed by atoms with Gasteiger partial charge in [-0.05, 0) is 54.8 Å². The SMILES string of the molecule is CC(Br)C(C)C(C)C1CCC(C(C)(C)C)CC1. The molecule has 3 atom stereocenters. The second-order valence-corrected chi connectivity index (χ2v) is 8.82. The van der Waals surface area contributed by atoms with Gasteiger partial charge in [0.15, 0.2) is 0 Å². The van der Waals surface area contributed by atoms with Crippen molar-refractivity contribution in [2.45, 2.75) is 72.1 Å². The lowest BCUT2D eigenvalue weighted by Crippen LogP contribution is -2.31. The summed E-state index contributed by atoms with van der Waals surface area (Å²) in [5, 5.41) is 0.